The lowest BCUT2D eigenvalue weighted by atomic mass is 9.92. The molecule has 0 saturated carbocycles. The Labute approximate surface area is 162 Å². The number of hydrogen-bond donors (Lipinski definition) is 3. The van der Waals surface area contributed by atoms with Crippen LogP contribution in [0.25, 0.3) is 0 Å². The van der Waals surface area contributed by atoms with E-state index in [0.29, 0.717) is 18.4 Å². The van der Waals surface area contributed by atoms with Crippen LogP contribution in [0.3, 0.4) is 0 Å². The molecule has 1 unspecified atom stereocenters. The van der Waals surface area contributed by atoms with Crippen molar-refractivity contribution in [2.45, 2.75) is 26.2 Å². The lowest BCUT2D eigenvalue weighted by molar-refractivity contribution is -0.119. The van der Waals surface area contributed by atoms with Crippen LogP contribution in [-0.2, 0) is 11.2 Å². The van der Waals surface area contributed by atoms with Crippen molar-refractivity contribution in [1.29, 1.82) is 0 Å². The Morgan fingerprint density at radius 2 is 1.52 bits per heavy atom. The number of likely N-dealkylation sites (N-methyl/N-ethyl adjacent to an activating group) is 1. The van der Waals surface area contributed by atoms with Gasteiger partial charge < -0.3 is 16.0 Å². The maximum absolute atomic E-state index is 11.7. The lowest BCUT2D eigenvalue weighted by Crippen LogP contribution is -2.40. The molecule has 5 nitrogen and oxygen atoms in total. The van der Waals surface area contributed by atoms with E-state index in [1.807, 2.05) is 26.0 Å². The Morgan fingerprint density at radius 1 is 0.889 bits per heavy atom. The second kappa shape index (κ2) is 11.7. The van der Waals surface area contributed by atoms with Crippen molar-refractivity contribution in [3.63, 3.8) is 0 Å². The number of rotatable bonds is 9. The fourth-order valence-electron chi connectivity index (χ4n) is 2.90. The molecule has 2 rings (SSSR count). The number of carbonyl (C=O) groups is 1. The molecule has 1 amide bonds. The molecule has 2 aromatic carbocycles. The number of aliphatic imine (C=N–C) groups is 1. The van der Waals surface area contributed by atoms with Gasteiger partial charge in [0.15, 0.2) is 5.96 Å². The highest BCUT2D eigenvalue weighted by molar-refractivity contribution is 5.84. The average molecular weight is 367 g/mol. The summed E-state index contributed by atoms with van der Waals surface area (Å²) < 4.78 is 0. The minimum atomic E-state index is -0.0707. The minimum absolute atomic E-state index is 0.0707. The van der Waals surface area contributed by atoms with Crippen LogP contribution in [0.15, 0.2) is 65.7 Å². The summed E-state index contributed by atoms with van der Waals surface area (Å²) >= 11 is 0. The predicted molar refractivity (Wildman–Crippen MR) is 112 cm³/mol. The van der Waals surface area contributed by atoms with Crippen molar-refractivity contribution in [3.05, 3.63) is 71.8 Å². The van der Waals surface area contributed by atoms with E-state index in [1.165, 1.54) is 11.1 Å². The summed E-state index contributed by atoms with van der Waals surface area (Å²) in [7, 11) is 0. The molecular formula is C22H30N4O. The molecule has 0 aliphatic rings. The normalized spacial score (nSPS) is 12.3. The van der Waals surface area contributed by atoms with Crippen molar-refractivity contribution in [2.24, 2.45) is 4.99 Å². The number of hydrogen-bond acceptors (Lipinski definition) is 2. The molecule has 0 aliphatic heterocycles. The van der Waals surface area contributed by atoms with E-state index in [0.717, 1.165) is 19.5 Å². The van der Waals surface area contributed by atoms with Crippen LogP contribution < -0.4 is 16.0 Å². The van der Waals surface area contributed by atoms with E-state index in [-0.39, 0.29) is 12.5 Å². The molecule has 144 valence electrons. The zero-order valence-electron chi connectivity index (χ0n) is 16.2. The molecular weight excluding hydrogens is 336 g/mol. The Balaban J connectivity index is 2.06. The minimum Gasteiger partial charge on any atom is -0.357 e. The molecule has 0 radical (unpaired) electrons. The highest BCUT2D eigenvalue weighted by atomic mass is 16.1. The quantitative estimate of drug-likeness (QED) is 0.472. The van der Waals surface area contributed by atoms with Crippen LogP contribution in [0, 0.1) is 0 Å². The van der Waals surface area contributed by atoms with E-state index in [1.54, 1.807) is 0 Å². The summed E-state index contributed by atoms with van der Waals surface area (Å²) in [6.45, 7) is 6.14. The summed E-state index contributed by atoms with van der Waals surface area (Å²) in [5.74, 6) is 0.901. The number of carbonyl (C=O) groups excluding carboxylic acids is 1. The fourth-order valence-corrected chi connectivity index (χ4v) is 2.90. The van der Waals surface area contributed by atoms with E-state index in [4.69, 9.17) is 0 Å². The largest absolute Gasteiger partial charge is 0.357 e. The summed E-state index contributed by atoms with van der Waals surface area (Å²) in [6, 6.07) is 21.0. The number of benzene rings is 2. The third-order valence-electron chi connectivity index (χ3n) is 4.21. The number of nitrogens with one attached hydrogen (secondary N) is 3. The molecule has 2 aromatic rings. The molecule has 1 atom stereocenters. The van der Waals surface area contributed by atoms with Crippen molar-refractivity contribution in [1.82, 2.24) is 16.0 Å². The fraction of sp³-hybridized carbons (Fsp3) is 0.364. The molecule has 3 N–H and O–H groups in total. The molecule has 27 heavy (non-hydrogen) atoms. The van der Waals surface area contributed by atoms with E-state index >= 15 is 0 Å². The highest BCUT2D eigenvalue weighted by Gasteiger charge is 2.13. The van der Waals surface area contributed by atoms with Gasteiger partial charge >= 0.3 is 0 Å². The summed E-state index contributed by atoms with van der Waals surface area (Å²) in [5, 5.41) is 9.37. The molecule has 0 aliphatic carbocycles. The summed E-state index contributed by atoms with van der Waals surface area (Å²) in [6.07, 6.45) is 0.938. The SMILES string of the molecule is CCNC(=O)CN=C(NCC)NCC(Cc1ccccc1)c1ccccc1. The van der Waals surface area contributed by atoms with Gasteiger partial charge in [-0.2, -0.15) is 0 Å². The van der Waals surface area contributed by atoms with E-state index in [2.05, 4.69) is 69.5 Å². The zero-order valence-corrected chi connectivity index (χ0v) is 16.2. The van der Waals surface area contributed by atoms with Crippen molar-refractivity contribution < 1.29 is 4.79 Å². The summed E-state index contributed by atoms with van der Waals surface area (Å²) in [5.41, 5.74) is 2.59. The van der Waals surface area contributed by atoms with Crippen molar-refractivity contribution in [3.8, 4) is 0 Å². The second-order valence-electron chi connectivity index (χ2n) is 6.33. The zero-order chi connectivity index (χ0) is 19.3. The average Bonchev–Trinajstić information content (AvgIpc) is 2.70. The first-order chi connectivity index (χ1) is 13.2. The Hall–Kier alpha value is -2.82. The Morgan fingerprint density at radius 3 is 2.15 bits per heavy atom. The van der Waals surface area contributed by atoms with Gasteiger partial charge in [0.1, 0.15) is 6.54 Å². The van der Waals surface area contributed by atoms with Gasteiger partial charge in [-0.3, -0.25) is 4.79 Å². The van der Waals surface area contributed by atoms with Gasteiger partial charge in [0.05, 0.1) is 0 Å². The van der Waals surface area contributed by atoms with Gasteiger partial charge in [0.25, 0.3) is 0 Å². The first kappa shape index (κ1) is 20.5. The van der Waals surface area contributed by atoms with Crippen molar-refractivity contribution >= 4 is 11.9 Å². The van der Waals surface area contributed by atoms with Gasteiger partial charge in [-0.1, -0.05) is 60.7 Å². The first-order valence-corrected chi connectivity index (χ1v) is 9.60. The van der Waals surface area contributed by atoms with Crippen LogP contribution in [0.1, 0.15) is 30.9 Å². The van der Waals surface area contributed by atoms with Gasteiger partial charge in [0, 0.05) is 25.6 Å². The van der Waals surface area contributed by atoms with Crippen LogP contribution in [0.4, 0.5) is 0 Å². The smallest absolute Gasteiger partial charge is 0.241 e. The molecule has 0 fully saturated rings. The maximum atomic E-state index is 11.7. The maximum Gasteiger partial charge on any atom is 0.241 e. The van der Waals surface area contributed by atoms with Crippen LogP contribution in [-0.4, -0.2) is 38.0 Å². The Bertz CT molecular complexity index is 701. The molecule has 0 spiro atoms. The first-order valence-electron chi connectivity index (χ1n) is 9.60. The molecule has 0 saturated heterocycles. The second-order valence-corrected chi connectivity index (χ2v) is 6.33. The van der Waals surface area contributed by atoms with Gasteiger partial charge in [-0.05, 0) is 31.4 Å². The monoisotopic (exact) mass is 366 g/mol. The van der Waals surface area contributed by atoms with Crippen LogP contribution >= 0.6 is 0 Å². The topological polar surface area (TPSA) is 65.5 Å². The van der Waals surface area contributed by atoms with Gasteiger partial charge in [0.2, 0.25) is 5.91 Å². The van der Waals surface area contributed by atoms with E-state index in [9.17, 15) is 4.79 Å². The third kappa shape index (κ3) is 7.52. The standard InChI is InChI=1S/C22H30N4O/c1-3-23-21(27)17-26-22(24-4-2)25-16-20(19-13-9-6-10-14-19)15-18-11-7-5-8-12-18/h5-14,20H,3-4,15-17H2,1-2H3,(H,23,27)(H2,24,25,26). The highest BCUT2D eigenvalue weighted by Crippen LogP contribution is 2.20. The number of amides is 1. The third-order valence-corrected chi connectivity index (χ3v) is 4.21. The van der Waals surface area contributed by atoms with Crippen LogP contribution in [0.5, 0.6) is 0 Å². The lowest BCUT2D eigenvalue weighted by Gasteiger charge is -2.20. The summed E-state index contributed by atoms with van der Waals surface area (Å²) in [4.78, 5) is 16.1. The Kier molecular flexibility index (Phi) is 8.90. The molecule has 0 aromatic heterocycles. The van der Waals surface area contributed by atoms with E-state index < -0.39 is 0 Å². The van der Waals surface area contributed by atoms with Gasteiger partial charge in [-0.25, -0.2) is 4.99 Å². The number of nitrogens with zero attached hydrogens (tertiary/aromatic N) is 1. The molecule has 0 bridgehead atoms. The molecule has 5 heteroatoms. The predicted octanol–water partition coefficient (Wildman–Crippen LogP) is 2.70. The van der Waals surface area contributed by atoms with Gasteiger partial charge in [-0.15, -0.1) is 0 Å². The molecule has 0 heterocycles. The van der Waals surface area contributed by atoms with Crippen LogP contribution in [0.2, 0.25) is 0 Å². The van der Waals surface area contributed by atoms with Crippen molar-refractivity contribution in [2.75, 3.05) is 26.2 Å². The number of guanidine groups is 1.